The van der Waals surface area contributed by atoms with Crippen molar-refractivity contribution in [2.45, 2.75) is 96.4 Å². The van der Waals surface area contributed by atoms with Crippen LogP contribution in [0, 0.1) is 5.82 Å². The Morgan fingerprint density at radius 2 is 1.76 bits per heavy atom. The Hall–Kier alpha value is -4.90. The number of fused-ring (bicyclic) bond motifs is 2. The number of aryl methyl sites for hydroxylation is 2. The first-order chi connectivity index (χ1) is 24.0. The van der Waals surface area contributed by atoms with Gasteiger partial charge in [-0.3, -0.25) is 19.1 Å². The molecule has 0 radical (unpaired) electrons. The molecule has 7 rings (SSSR count). The standard InChI is InChI=1S/C39H44FN7O3/c1-39(2,3)44(4)23-25-11-13-26(14-12-25)27-8-7-9-31(20-27)46-35-32(21-28(40)22-41-35)37(49)47(38(46)50)30-17-15-29(16-18-30)42-36(48)33-24-45-19-6-5-10-34(45)43-33/h7-9,11-14,20-22,24,29-30H,5-6,10,15-19,23H2,1-4H3,(H,42,48)/t29-,30+. The Kier molecular flexibility index (Phi) is 9.02. The van der Waals surface area contributed by atoms with Crippen molar-refractivity contribution in [3.05, 3.63) is 111 Å². The molecule has 0 unspecified atom stereocenters. The van der Waals surface area contributed by atoms with Crippen LogP contribution >= 0.6 is 0 Å². The van der Waals surface area contributed by atoms with E-state index in [4.69, 9.17) is 0 Å². The first kappa shape index (κ1) is 33.6. The van der Waals surface area contributed by atoms with E-state index in [-0.39, 0.29) is 28.5 Å². The minimum Gasteiger partial charge on any atom is -0.348 e. The fourth-order valence-electron chi connectivity index (χ4n) is 7.14. The lowest BCUT2D eigenvalue weighted by atomic mass is 9.90. The van der Waals surface area contributed by atoms with Crippen LogP contribution in [0.2, 0.25) is 0 Å². The molecule has 1 aliphatic heterocycles. The van der Waals surface area contributed by atoms with Gasteiger partial charge in [-0.25, -0.2) is 23.7 Å². The average Bonchev–Trinajstić information content (AvgIpc) is 3.54. The maximum Gasteiger partial charge on any atom is 0.337 e. The summed E-state index contributed by atoms with van der Waals surface area (Å²) in [5.74, 6) is 0.102. The second kappa shape index (κ2) is 13.4. The van der Waals surface area contributed by atoms with Gasteiger partial charge in [0, 0.05) is 43.3 Å². The highest BCUT2D eigenvalue weighted by Gasteiger charge is 2.29. The topological polar surface area (TPSA) is 107 Å². The lowest BCUT2D eigenvalue weighted by molar-refractivity contribution is 0.0917. The Bertz CT molecular complexity index is 2150. The van der Waals surface area contributed by atoms with Gasteiger partial charge < -0.3 is 9.88 Å². The number of hydrogen-bond donors (Lipinski definition) is 1. The number of halogens is 1. The third kappa shape index (κ3) is 6.66. The monoisotopic (exact) mass is 677 g/mol. The molecule has 1 N–H and O–H groups in total. The van der Waals surface area contributed by atoms with Crippen molar-refractivity contribution in [1.29, 1.82) is 0 Å². The van der Waals surface area contributed by atoms with Gasteiger partial charge in [-0.05, 0) is 101 Å². The van der Waals surface area contributed by atoms with E-state index in [0.29, 0.717) is 37.1 Å². The summed E-state index contributed by atoms with van der Waals surface area (Å²) in [5.41, 5.74) is 3.11. The zero-order valence-electron chi connectivity index (χ0n) is 29.2. The van der Waals surface area contributed by atoms with Gasteiger partial charge >= 0.3 is 5.69 Å². The number of aromatic nitrogens is 5. The lowest BCUT2D eigenvalue weighted by Gasteiger charge is -2.31. The number of pyridine rings is 1. The van der Waals surface area contributed by atoms with E-state index in [0.717, 1.165) is 61.6 Å². The van der Waals surface area contributed by atoms with E-state index < -0.39 is 23.1 Å². The molecule has 1 aliphatic carbocycles. The summed E-state index contributed by atoms with van der Waals surface area (Å²) in [4.78, 5) is 52.3. The molecule has 0 atom stereocenters. The van der Waals surface area contributed by atoms with Crippen molar-refractivity contribution in [2.75, 3.05) is 7.05 Å². The number of hydrogen-bond acceptors (Lipinski definition) is 6. The third-order valence-electron chi connectivity index (χ3n) is 10.4. The van der Waals surface area contributed by atoms with Gasteiger partial charge in [0.2, 0.25) is 0 Å². The van der Waals surface area contributed by atoms with Crippen molar-refractivity contribution in [1.82, 2.24) is 33.9 Å². The SMILES string of the molecule is CN(Cc1ccc(-c2cccc(-n3c(=O)n([C@H]4CC[C@@H](NC(=O)c5cn6c(n5)CCCC6)CC4)c(=O)c4cc(F)cnc43)c2)cc1)C(C)(C)C. The quantitative estimate of drug-likeness (QED) is 0.226. The summed E-state index contributed by atoms with van der Waals surface area (Å²) in [6.07, 6.45) is 8.09. The number of nitrogens with one attached hydrogen (secondary N) is 1. The number of carbonyl (C=O) groups is 1. The highest BCUT2D eigenvalue weighted by Crippen LogP contribution is 2.29. The van der Waals surface area contributed by atoms with Gasteiger partial charge in [-0.1, -0.05) is 36.4 Å². The molecule has 1 fully saturated rings. The van der Waals surface area contributed by atoms with Gasteiger partial charge in [0.25, 0.3) is 11.5 Å². The van der Waals surface area contributed by atoms with Crippen molar-refractivity contribution in [3.63, 3.8) is 0 Å². The molecule has 11 heteroatoms. The van der Waals surface area contributed by atoms with E-state index in [1.54, 1.807) is 6.07 Å². The minimum absolute atomic E-state index is 0.0431. The Morgan fingerprint density at radius 1 is 1.00 bits per heavy atom. The minimum atomic E-state index is -0.648. The Morgan fingerprint density at radius 3 is 2.48 bits per heavy atom. The van der Waals surface area contributed by atoms with Gasteiger partial charge in [0.05, 0.1) is 17.3 Å². The molecule has 1 amide bonds. The van der Waals surface area contributed by atoms with E-state index in [1.165, 1.54) is 14.7 Å². The molecule has 1 saturated carbocycles. The number of nitrogens with zero attached hydrogens (tertiary/aromatic N) is 6. The maximum absolute atomic E-state index is 14.5. The van der Waals surface area contributed by atoms with Gasteiger partial charge in [-0.2, -0.15) is 0 Å². The summed E-state index contributed by atoms with van der Waals surface area (Å²) in [6.45, 7) is 8.25. The van der Waals surface area contributed by atoms with Crippen molar-refractivity contribution >= 4 is 16.9 Å². The predicted octanol–water partition coefficient (Wildman–Crippen LogP) is 6.03. The van der Waals surface area contributed by atoms with E-state index in [1.807, 2.05) is 24.4 Å². The summed E-state index contributed by atoms with van der Waals surface area (Å²) in [7, 11) is 2.11. The van der Waals surface area contributed by atoms with Crippen LogP contribution in [-0.2, 0) is 19.5 Å². The van der Waals surface area contributed by atoms with Crippen LogP contribution in [0.1, 0.15) is 87.2 Å². The van der Waals surface area contributed by atoms with Crippen molar-refractivity contribution in [2.24, 2.45) is 0 Å². The molecule has 4 heterocycles. The van der Waals surface area contributed by atoms with Crippen LogP contribution in [0.25, 0.3) is 27.8 Å². The second-order valence-electron chi connectivity index (χ2n) is 14.8. The van der Waals surface area contributed by atoms with E-state index >= 15 is 0 Å². The van der Waals surface area contributed by atoms with Crippen LogP contribution in [0.15, 0.2) is 76.6 Å². The molecule has 5 aromatic rings. The zero-order chi connectivity index (χ0) is 35.2. The van der Waals surface area contributed by atoms with Crippen LogP contribution < -0.4 is 16.6 Å². The number of imidazole rings is 1. The van der Waals surface area contributed by atoms with E-state index in [9.17, 15) is 18.8 Å². The van der Waals surface area contributed by atoms with Crippen LogP contribution in [0.4, 0.5) is 4.39 Å². The van der Waals surface area contributed by atoms with E-state index in [2.05, 4.69) is 76.8 Å². The fourth-order valence-corrected chi connectivity index (χ4v) is 7.14. The van der Waals surface area contributed by atoms with Crippen molar-refractivity contribution < 1.29 is 9.18 Å². The molecule has 0 bridgehead atoms. The summed E-state index contributed by atoms with van der Waals surface area (Å²) < 4.78 is 19.3. The smallest absolute Gasteiger partial charge is 0.337 e. The zero-order valence-corrected chi connectivity index (χ0v) is 29.2. The van der Waals surface area contributed by atoms with Gasteiger partial charge in [0.15, 0.2) is 5.65 Å². The predicted molar refractivity (Wildman–Crippen MR) is 192 cm³/mol. The Balaban J connectivity index is 1.16. The first-order valence-electron chi connectivity index (χ1n) is 17.6. The first-order valence-corrected chi connectivity index (χ1v) is 17.6. The number of amides is 1. The molecule has 0 spiro atoms. The number of benzene rings is 2. The Labute approximate surface area is 290 Å². The van der Waals surface area contributed by atoms with Crippen LogP contribution in [-0.4, -0.2) is 53.1 Å². The van der Waals surface area contributed by atoms with Gasteiger partial charge in [0.1, 0.15) is 17.3 Å². The summed E-state index contributed by atoms with van der Waals surface area (Å²) in [5, 5.41) is 3.16. The highest BCUT2D eigenvalue weighted by atomic mass is 19.1. The normalized spacial score (nSPS) is 18.0. The van der Waals surface area contributed by atoms with Crippen LogP contribution in [0.3, 0.4) is 0 Å². The van der Waals surface area contributed by atoms with Crippen LogP contribution in [0.5, 0.6) is 0 Å². The van der Waals surface area contributed by atoms with Crippen molar-refractivity contribution in [3.8, 4) is 16.8 Å². The molecule has 2 aliphatic rings. The number of carbonyl (C=O) groups excluding carboxylic acids is 1. The molecule has 260 valence electrons. The maximum atomic E-state index is 14.5. The summed E-state index contributed by atoms with van der Waals surface area (Å²) in [6, 6.07) is 16.5. The number of rotatable bonds is 7. The molecular formula is C39H44FN7O3. The second-order valence-corrected chi connectivity index (χ2v) is 14.8. The largest absolute Gasteiger partial charge is 0.348 e. The lowest BCUT2D eigenvalue weighted by Crippen LogP contribution is -2.45. The third-order valence-corrected chi connectivity index (χ3v) is 10.4. The average molecular weight is 678 g/mol. The fraction of sp³-hybridized carbons (Fsp3) is 0.410. The summed E-state index contributed by atoms with van der Waals surface area (Å²) >= 11 is 0. The molecule has 50 heavy (non-hydrogen) atoms. The van der Waals surface area contributed by atoms with Gasteiger partial charge in [-0.15, -0.1) is 0 Å². The highest BCUT2D eigenvalue weighted by molar-refractivity contribution is 5.92. The molecular weight excluding hydrogens is 633 g/mol. The molecule has 3 aromatic heterocycles. The molecule has 10 nitrogen and oxygen atoms in total. The molecule has 0 saturated heterocycles. The molecule has 2 aromatic carbocycles.